The van der Waals surface area contributed by atoms with Gasteiger partial charge >= 0.3 is 0 Å². The van der Waals surface area contributed by atoms with Crippen LogP contribution in [0.15, 0.2) is 0 Å². The number of nitrogens with one attached hydrogen (secondary N) is 1. The van der Waals surface area contributed by atoms with Crippen LogP contribution >= 0.6 is 0 Å². The molecule has 18 heavy (non-hydrogen) atoms. The fourth-order valence-corrected chi connectivity index (χ4v) is 2.77. The third-order valence-electron chi connectivity index (χ3n) is 4.15. The highest BCUT2D eigenvalue weighted by Crippen LogP contribution is 2.22. The molecule has 1 heterocycles. The second-order valence-electron chi connectivity index (χ2n) is 7.00. The van der Waals surface area contributed by atoms with Crippen LogP contribution in [0.5, 0.6) is 0 Å². The van der Waals surface area contributed by atoms with Crippen LogP contribution in [-0.4, -0.2) is 62.2 Å². The summed E-state index contributed by atoms with van der Waals surface area (Å²) in [6.07, 6.45) is 2.69. The maximum absolute atomic E-state index is 3.66. The Kier molecular flexibility index (Phi) is 6.09. The second-order valence-corrected chi connectivity index (χ2v) is 7.00. The average Bonchev–Trinajstić information content (AvgIpc) is 2.27. The van der Waals surface area contributed by atoms with Crippen molar-refractivity contribution in [2.75, 3.05) is 40.3 Å². The van der Waals surface area contributed by atoms with E-state index in [1.807, 2.05) is 0 Å². The molecule has 1 saturated heterocycles. The molecule has 1 aliphatic heterocycles. The molecule has 0 aromatic rings. The molecular weight excluding hydrogens is 222 g/mol. The van der Waals surface area contributed by atoms with Crippen LogP contribution in [0.4, 0.5) is 0 Å². The number of likely N-dealkylation sites (N-methyl/N-ethyl adjacent to an activating group) is 2. The highest BCUT2D eigenvalue weighted by Gasteiger charge is 2.28. The summed E-state index contributed by atoms with van der Waals surface area (Å²) >= 11 is 0. The van der Waals surface area contributed by atoms with Crippen LogP contribution in [0.3, 0.4) is 0 Å². The Hall–Kier alpha value is -0.120. The lowest BCUT2D eigenvalue weighted by molar-refractivity contribution is 0.103. The Bertz CT molecular complexity index is 232. The molecule has 1 rings (SSSR count). The molecule has 0 aromatic carbocycles. The number of hydrogen-bond donors (Lipinski definition) is 1. The van der Waals surface area contributed by atoms with E-state index in [0.717, 1.165) is 12.6 Å². The Morgan fingerprint density at radius 2 is 2.00 bits per heavy atom. The Balaban J connectivity index is 2.53. The molecule has 0 aliphatic carbocycles. The zero-order valence-corrected chi connectivity index (χ0v) is 13.3. The van der Waals surface area contributed by atoms with E-state index in [-0.39, 0.29) is 0 Å². The summed E-state index contributed by atoms with van der Waals surface area (Å²) in [6, 6.07) is 1.32. The highest BCUT2D eigenvalue weighted by molar-refractivity contribution is 4.86. The molecule has 0 saturated carbocycles. The molecule has 2 unspecified atom stereocenters. The summed E-state index contributed by atoms with van der Waals surface area (Å²) in [4.78, 5) is 5.03. The van der Waals surface area contributed by atoms with Gasteiger partial charge in [-0.15, -0.1) is 0 Å². The predicted octanol–water partition coefficient (Wildman–Crippen LogP) is 2.04. The predicted molar refractivity (Wildman–Crippen MR) is 80.1 cm³/mol. The van der Waals surface area contributed by atoms with Crippen molar-refractivity contribution in [3.63, 3.8) is 0 Å². The molecule has 108 valence electrons. The lowest BCUT2D eigenvalue weighted by Crippen LogP contribution is -2.53. The molecule has 0 spiro atoms. The van der Waals surface area contributed by atoms with Crippen LogP contribution in [0.2, 0.25) is 0 Å². The third-order valence-corrected chi connectivity index (χ3v) is 4.15. The van der Waals surface area contributed by atoms with E-state index in [2.05, 4.69) is 56.9 Å². The van der Waals surface area contributed by atoms with Gasteiger partial charge < -0.3 is 15.1 Å². The molecule has 2 atom stereocenters. The maximum atomic E-state index is 3.66. The minimum absolute atomic E-state index is 0.334. The van der Waals surface area contributed by atoms with E-state index in [9.17, 15) is 0 Å². The van der Waals surface area contributed by atoms with Gasteiger partial charge in [-0.2, -0.15) is 0 Å². The third kappa shape index (κ3) is 4.87. The molecular formula is C15H33N3. The van der Waals surface area contributed by atoms with Crippen LogP contribution in [0, 0.1) is 5.41 Å². The molecule has 0 bridgehead atoms. The van der Waals surface area contributed by atoms with Crippen molar-refractivity contribution in [1.82, 2.24) is 15.1 Å². The van der Waals surface area contributed by atoms with Gasteiger partial charge in [0, 0.05) is 25.2 Å². The van der Waals surface area contributed by atoms with Crippen molar-refractivity contribution in [1.29, 1.82) is 0 Å². The standard InChI is InChI=1S/C15H33N3/c1-7-16-14(15(2,3)4)12-18-10-8-9-13(11-18)17(5)6/h13-14,16H,7-12H2,1-6H3. The first-order valence-corrected chi connectivity index (χ1v) is 7.46. The summed E-state index contributed by atoms with van der Waals surface area (Å²) in [6.45, 7) is 14.0. The van der Waals surface area contributed by atoms with Crippen molar-refractivity contribution in [2.24, 2.45) is 5.41 Å². The van der Waals surface area contributed by atoms with Crippen molar-refractivity contribution in [3.8, 4) is 0 Å². The van der Waals surface area contributed by atoms with E-state index in [1.54, 1.807) is 0 Å². The monoisotopic (exact) mass is 255 g/mol. The fourth-order valence-electron chi connectivity index (χ4n) is 2.77. The van der Waals surface area contributed by atoms with E-state index in [0.29, 0.717) is 11.5 Å². The number of hydrogen-bond acceptors (Lipinski definition) is 3. The number of likely N-dealkylation sites (tertiary alicyclic amines) is 1. The lowest BCUT2D eigenvalue weighted by atomic mass is 9.86. The van der Waals surface area contributed by atoms with Gasteiger partial charge in [0.15, 0.2) is 0 Å². The summed E-state index contributed by atoms with van der Waals surface area (Å²) in [5.74, 6) is 0. The van der Waals surface area contributed by atoms with E-state index in [4.69, 9.17) is 0 Å². The first-order chi connectivity index (χ1) is 8.34. The minimum atomic E-state index is 0.334. The van der Waals surface area contributed by atoms with E-state index < -0.39 is 0 Å². The largest absolute Gasteiger partial charge is 0.312 e. The van der Waals surface area contributed by atoms with Crippen LogP contribution < -0.4 is 5.32 Å². The molecule has 0 radical (unpaired) electrons. The molecule has 1 fully saturated rings. The van der Waals surface area contributed by atoms with Crippen molar-refractivity contribution >= 4 is 0 Å². The summed E-state index contributed by atoms with van der Waals surface area (Å²) in [7, 11) is 4.42. The number of piperidine rings is 1. The first kappa shape index (κ1) is 15.9. The Morgan fingerprint density at radius 3 is 2.50 bits per heavy atom. The molecule has 1 aliphatic rings. The van der Waals surface area contributed by atoms with E-state index >= 15 is 0 Å². The van der Waals surface area contributed by atoms with Gasteiger partial charge in [-0.25, -0.2) is 0 Å². The highest BCUT2D eigenvalue weighted by atomic mass is 15.2. The van der Waals surface area contributed by atoms with Gasteiger partial charge in [0.1, 0.15) is 0 Å². The van der Waals surface area contributed by atoms with Gasteiger partial charge in [-0.05, 0) is 45.4 Å². The van der Waals surface area contributed by atoms with E-state index in [1.165, 1.54) is 32.5 Å². The number of rotatable bonds is 5. The van der Waals surface area contributed by atoms with Gasteiger partial charge in [0.05, 0.1) is 0 Å². The zero-order valence-electron chi connectivity index (χ0n) is 13.3. The Labute approximate surface area is 114 Å². The molecule has 3 heteroatoms. The lowest BCUT2D eigenvalue weighted by Gasteiger charge is -2.41. The van der Waals surface area contributed by atoms with Crippen molar-refractivity contribution in [2.45, 2.75) is 52.6 Å². The smallest absolute Gasteiger partial charge is 0.0243 e. The SMILES string of the molecule is CCNC(CN1CCCC(N(C)C)C1)C(C)(C)C. The number of nitrogens with zero attached hydrogens (tertiary/aromatic N) is 2. The summed E-state index contributed by atoms with van der Waals surface area (Å²) in [5.41, 5.74) is 0.334. The maximum Gasteiger partial charge on any atom is 0.0243 e. The van der Waals surface area contributed by atoms with Crippen LogP contribution in [0.1, 0.15) is 40.5 Å². The summed E-state index contributed by atoms with van der Waals surface area (Å²) in [5, 5.41) is 3.66. The summed E-state index contributed by atoms with van der Waals surface area (Å²) < 4.78 is 0. The normalized spacial score (nSPS) is 24.5. The van der Waals surface area contributed by atoms with Crippen LogP contribution in [0.25, 0.3) is 0 Å². The van der Waals surface area contributed by atoms with Gasteiger partial charge in [0.25, 0.3) is 0 Å². The first-order valence-electron chi connectivity index (χ1n) is 7.46. The van der Waals surface area contributed by atoms with Crippen molar-refractivity contribution < 1.29 is 0 Å². The van der Waals surface area contributed by atoms with Gasteiger partial charge in [-0.1, -0.05) is 27.7 Å². The topological polar surface area (TPSA) is 18.5 Å². The molecule has 0 amide bonds. The fraction of sp³-hybridized carbons (Fsp3) is 1.00. The average molecular weight is 255 g/mol. The zero-order chi connectivity index (χ0) is 13.8. The quantitative estimate of drug-likeness (QED) is 0.811. The van der Waals surface area contributed by atoms with Gasteiger partial charge in [0.2, 0.25) is 0 Å². The minimum Gasteiger partial charge on any atom is -0.312 e. The Morgan fingerprint density at radius 1 is 1.33 bits per heavy atom. The van der Waals surface area contributed by atoms with Crippen molar-refractivity contribution in [3.05, 3.63) is 0 Å². The molecule has 3 nitrogen and oxygen atoms in total. The molecule has 0 aromatic heterocycles. The van der Waals surface area contributed by atoms with Gasteiger partial charge in [-0.3, -0.25) is 0 Å². The second kappa shape index (κ2) is 6.88. The van der Waals surface area contributed by atoms with Crippen LogP contribution in [-0.2, 0) is 0 Å². The molecule has 1 N–H and O–H groups in total.